The highest BCUT2D eigenvalue weighted by molar-refractivity contribution is 7.90. The molecule has 3 atom stereocenters. The fourth-order valence-corrected chi connectivity index (χ4v) is 7.37. The second-order valence-electron chi connectivity index (χ2n) is 7.11. The predicted octanol–water partition coefficient (Wildman–Crippen LogP) is 1.08. The Hall–Kier alpha value is -1.37. The van der Waals surface area contributed by atoms with Crippen molar-refractivity contribution in [2.24, 2.45) is 16.7 Å². The predicted molar refractivity (Wildman–Crippen MR) is 79.1 cm³/mol. The third kappa shape index (κ3) is 1.81. The van der Waals surface area contributed by atoms with E-state index in [4.69, 9.17) is 0 Å². The standard InChI is InChI=1S/C15H21NO5S/c1-14(2)10-6-7-15(14)9-22(19,20)16(11(15)8-10)12(17)4-5-13(18)21-3/h4-5,10-11H,6-9H2,1-3H3/b5-4+. The van der Waals surface area contributed by atoms with Crippen molar-refractivity contribution in [3.8, 4) is 0 Å². The van der Waals surface area contributed by atoms with Gasteiger partial charge in [-0.05, 0) is 30.6 Å². The molecule has 1 spiro atoms. The van der Waals surface area contributed by atoms with Crippen molar-refractivity contribution in [2.75, 3.05) is 12.9 Å². The van der Waals surface area contributed by atoms with Gasteiger partial charge >= 0.3 is 5.97 Å². The van der Waals surface area contributed by atoms with Gasteiger partial charge in [0.1, 0.15) is 0 Å². The average Bonchev–Trinajstić information content (AvgIpc) is 2.91. The van der Waals surface area contributed by atoms with Crippen LogP contribution in [0.15, 0.2) is 12.2 Å². The van der Waals surface area contributed by atoms with E-state index in [2.05, 4.69) is 18.6 Å². The van der Waals surface area contributed by atoms with Gasteiger partial charge in [-0.1, -0.05) is 13.8 Å². The van der Waals surface area contributed by atoms with E-state index < -0.39 is 21.9 Å². The van der Waals surface area contributed by atoms with Crippen LogP contribution in [0.3, 0.4) is 0 Å². The summed E-state index contributed by atoms with van der Waals surface area (Å²) in [6.45, 7) is 4.25. The first-order valence-electron chi connectivity index (χ1n) is 7.48. The Kier molecular flexibility index (Phi) is 3.22. The summed E-state index contributed by atoms with van der Waals surface area (Å²) in [5, 5.41) is 0. The lowest BCUT2D eigenvalue weighted by molar-refractivity contribution is -0.135. The highest BCUT2D eigenvalue weighted by Crippen LogP contribution is 2.69. The van der Waals surface area contributed by atoms with Crippen LogP contribution in [0.1, 0.15) is 33.1 Å². The Balaban J connectivity index is 1.95. The lowest BCUT2D eigenvalue weighted by Crippen LogP contribution is -2.43. The minimum atomic E-state index is -3.63. The first kappa shape index (κ1) is 15.5. The maximum absolute atomic E-state index is 12.6. The number of amides is 1. The van der Waals surface area contributed by atoms with Gasteiger partial charge in [-0.25, -0.2) is 17.5 Å². The van der Waals surface area contributed by atoms with Crippen LogP contribution in [0, 0.1) is 16.7 Å². The molecule has 1 amide bonds. The Labute approximate surface area is 130 Å². The van der Waals surface area contributed by atoms with Gasteiger partial charge in [-0.2, -0.15) is 0 Å². The summed E-state index contributed by atoms with van der Waals surface area (Å²) in [4.78, 5) is 23.5. The Bertz CT molecular complexity index is 665. The summed E-state index contributed by atoms with van der Waals surface area (Å²) in [5.74, 6) is -0.831. The summed E-state index contributed by atoms with van der Waals surface area (Å²) in [6.07, 6.45) is 4.57. The van der Waals surface area contributed by atoms with E-state index in [1.54, 1.807) is 0 Å². The maximum atomic E-state index is 12.6. The van der Waals surface area contributed by atoms with E-state index >= 15 is 0 Å². The average molecular weight is 327 g/mol. The Morgan fingerprint density at radius 2 is 1.95 bits per heavy atom. The number of carbonyl (C=O) groups excluding carboxylic acids is 2. The summed E-state index contributed by atoms with van der Waals surface area (Å²) in [7, 11) is -2.43. The first-order chi connectivity index (χ1) is 10.2. The van der Waals surface area contributed by atoms with Gasteiger partial charge in [0.25, 0.3) is 5.91 Å². The SMILES string of the molecule is COC(=O)/C=C/C(=O)N1C2CC3CCC2(CS1(=O)=O)C3(C)C. The highest BCUT2D eigenvalue weighted by Gasteiger charge is 2.72. The molecule has 3 aliphatic rings. The zero-order valence-corrected chi connectivity index (χ0v) is 13.9. The molecule has 0 aromatic carbocycles. The first-order valence-corrected chi connectivity index (χ1v) is 9.09. The molecule has 3 unspecified atom stereocenters. The molecular weight excluding hydrogens is 306 g/mol. The molecule has 3 rings (SSSR count). The lowest BCUT2D eigenvalue weighted by Gasteiger charge is -2.36. The summed E-state index contributed by atoms with van der Waals surface area (Å²) in [6, 6.07) is -0.277. The van der Waals surface area contributed by atoms with Gasteiger partial charge in [0.2, 0.25) is 10.0 Å². The van der Waals surface area contributed by atoms with Gasteiger partial charge in [-0.3, -0.25) is 4.79 Å². The number of esters is 1. The van der Waals surface area contributed by atoms with Crippen molar-refractivity contribution >= 4 is 21.9 Å². The van der Waals surface area contributed by atoms with Crippen molar-refractivity contribution in [1.29, 1.82) is 0 Å². The van der Waals surface area contributed by atoms with E-state index in [-0.39, 0.29) is 22.6 Å². The van der Waals surface area contributed by atoms with Gasteiger partial charge in [-0.15, -0.1) is 0 Å². The maximum Gasteiger partial charge on any atom is 0.330 e. The number of nitrogens with zero attached hydrogens (tertiary/aromatic N) is 1. The normalized spacial score (nSPS) is 37.5. The molecule has 2 saturated carbocycles. The zero-order valence-electron chi connectivity index (χ0n) is 13.0. The van der Waals surface area contributed by atoms with Crippen LogP contribution in [0.4, 0.5) is 0 Å². The molecule has 22 heavy (non-hydrogen) atoms. The van der Waals surface area contributed by atoms with E-state index in [1.807, 2.05) is 0 Å². The van der Waals surface area contributed by atoms with E-state index in [9.17, 15) is 18.0 Å². The van der Waals surface area contributed by atoms with E-state index in [1.165, 1.54) is 7.11 Å². The fourth-order valence-electron chi connectivity index (χ4n) is 4.86. The van der Waals surface area contributed by atoms with Crippen LogP contribution in [0.25, 0.3) is 0 Å². The molecule has 0 aromatic heterocycles. The van der Waals surface area contributed by atoms with Crippen LogP contribution < -0.4 is 0 Å². The quantitative estimate of drug-likeness (QED) is 0.560. The van der Waals surface area contributed by atoms with E-state index in [0.717, 1.165) is 35.7 Å². The molecule has 3 fully saturated rings. The molecule has 1 saturated heterocycles. The number of methoxy groups -OCH3 is 1. The number of rotatable bonds is 2. The number of fused-ring (bicyclic) bond motifs is 1. The number of hydrogen-bond donors (Lipinski definition) is 0. The van der Waals surface area contributed by atoms with Crippen LogP contribution in [-0.2, 0) is 24.3 Å². The van der Waals surface area contributed by atoms with Crippen molar-refractivity contribution in [1.82, 2.24) is 4.31 Å². The Morgan fingerprint density at radius 3 is 2.55 bits per heavy atom. The number of sulfonamides is 1. The van der Waals surface area contributed by atoms with Crippen LogP contribution in [-0.4, -0.2) is 43.5 Å². The molecule has 0 aromatic rings. The van der Waals surface area contributed by atoms with Crippen molar-refractivity contribution in [3.63, 3.8) is 0 Å². The molecule has 2 aliphatic carbocycles. The Morgan fingerprint density at radius 1 is 1.27 bits per heavy atom. The lowest BCUT2D eigenvalue weighted by atomic mass is 9.69. The van der Waals surface area contributed by atoms with Crippen molar-refractivity contribution in [2.45, 2.75) is 39.2 Å². The summed E-state index contributed by atoms with van der Waals surface area (Å²) in [5.41, 5.74) is -0.420. The molecule has 7 heteroatoms. The minimum absolute atomic E-state index is 0.0337. The highest BCUT2D eigenvalue weighted by atomic mass is 32.2. The number of ether oxygens (including phenoxy) is 1. The third-order valence-electron chi connectivity index (χ3n) is 6.19. The molecule has 6 nitrogen and oxygen atoms in total. The molecular formula is C15H21NO5S. The van der Waals surface area contributed by atoms with Gasteiger partial charge in [0.15, 0.2) is 0 Å². The number of hydrogen-bond acceptors (Lipinski definition) is 5. The van der Waals surface area contributed by atoms with Crippen LogP contribution in [0.2, 0.25) is 0 Å². The van der Waals surface area contributed by atoms with E-state index in [0.29, 0.717) is 5.92 Å². The third-order valence-corrected chi connectivity index (χ3v) is 8.11. The topological polar surface area (TPSA) is 80.8 Å². The monoisotopic (exact) mass is 327 g/mol. The summed E-state index contributed by atoms with van der Waals surface area (Å²) < 4.78 is 30.6. The smallest absolute Gasteiger partial charge is 0.330 e. The number of carbonyl (C=O) groups is 2. The second kappa shape index (κ2) is 4.57. The van der Waals surface area contributed by atoms with Crippen LogP contribution in [0.5, 0.6) is 0 Å². The fraction of sp³-hybridized carbons (Fsp3) is 0.733. The molecule has 1 heterocycles. The van der Waals surface area contributed by atoms with Crippen molar-refractivity contribution in [3.05, 3.63) is 12.2 Å². The second-order valence-corrected chi connectivity index (χ2v) is 8.96. The molecule has 122 valence electrons. The molecule has 0 N–H and O–H groups in total. The minimum Gasteiger partial charge on any atom is -0.466 e. The molecule has 0 radical (unpaired) electrons. The zero-order chi connectivity index (χ0) is 16.3. The van der Waals surface area contributed by atoms with Crippen LogP contribution >= 0.6 is 0 Å². The molecule has 1 aliphatic heterocycles. The molecule has 2 bridgehead atoms. The van der Waals surface area contributed by atoms with Gasteiger partial charge < -0.3 is 4.74 Å². The largest absolute Gasteiger partial charge is 0.466 e. The van der Waals surface area contributed by atoms with Crippen molar-refractivity contribution < 1.29 is 22.7 Å². The van der Waals surface area contributed by atoms with Gasteiger partial charge in [0, 0.05) is 17.6 Å². The van der Waals surface area contributed by atoms with Gasteiger partial charge in [0.05, 0.1) is 18.9 Å². The summed E-state index contributed by atoms with van der Waals surface area (Å²) >= 11 is 0.